The monoisotopic (exact) mass is 316 g/mol. The van der Waals surface area contributed by atoms with Crippen LogP contribution in [0.3, 0.4) is 0 Å². The summed E-state index contributed by atoms with van der Waals surface area (Å²) in [6, 6.07) is 8.87. The maximum Gasteiger partial charge on any atom is 0.284 e. The molecule has 0 saturated heterocycles. The van der Waals surface area contributed by atoms with Crippen LogP contribution in [0.4, 0.5) is 5.69 Å². The van der Waals surface area contributed by atoms with Crippen molar-refractivity contribution in [2.45, 2.75) is 24.4 Å². The number of aromatic nitrogens is 2. The van der Waals surface area contributed by atoms with E-state index >= 15 is 0 Å². The van der Waals surface area contributed by atoms with Crippen LogP contribution in [0.25, 0.3) is 6.08 Å². The summed E-state index contributed by atoms with van der Waals surface area (Å²) in [5, 5.41) is 15.6. The minimum absolute atomic E-state index is 0.150. The molecule has 22 heavy (non-hydrogen) atoms. The normalized spacial score (nSPS) is 15.1. The van der Waals surface area contributed by atoms with E-state index in [1.807, 2.05) is 16.8 Å². The van der Waals surface area contributed by atoms with Crippen LogP contribution in [0.1, 0.15) is 17.8 Å². The average Bonchev–Trinajstić information content (AvgIpc) is 2.80. The van der Waals surface area contributed by atoms with Gasteiger partial charge in [-0.3, -0.25) is 14.8 Å². The second kappa shape index (κ2) is 6.33. The Morgan fingerprint density at radius 1 is 1.36 bits per heavy atom. The van der Waals surface area contributed by atoms with Crippen LogP contribution >= 0.6 is 11.9 Å². The van der Waals surface area contributed by atoms with E-state index in [-0.39, 0.29) is 10.6 Å². The van der Waals surface area contributed by atoms with Gasteiger partial charge in [0.25, 0.3) is 5.69 Å². The molecular formula is C15H16N4O2S. The Bertz CT molecular complexity index is 713. The van der Waals surface area contributed by atoms with Crippen LogP contribution in [0.2, 0.25) is 0 Å². The molecule has 7 heteroatoms. The summed E-state index contributed by atoms with van der Waals surface area (Å²) in [6.45, 7) is 6.17. The van der Waals surface area contributed by atoms with E-state index in [9.17, 15) is 10.1 Å². The van der Waals surface area contributed by atoms with Gasteiger partial charge in [-0.2, -0.15) is 5.10 Å². The molecule has 1 aromatic heterocycles. The summed E-state index contributed by atoms with van der Waals surface area (Å²) in [4.78, 5) is 11.5. The Hall–Kier alpha value is -2.12. The molecule has 2 heterocycles. The van der Waals surface area contributed by atoms with Gasteiger partial charge in [-0.05, 0) is 36.6 Å². The molecule has 0 saturated carbocycles. The smallest absolute Gasteiger partial charge is 0.268 e. The number of aryl methyl sites for hydroxylation is 1. The van der Waals surface area contributed by atoms with Gasteiger partial charge < -0.3 is 0 Å². The largest absolute Gasteiger partial charge is 0.284 e. The van der Waals surface area contributed by atoms with E-state index in [4.69, 9.17) is 0 Å². The van der Waals surface area contributed by atoms with Gasteiger partial charge in [0.15, 0.2) is 0 Å². The molecule has 1 aliphatic rings. The second-order valence-electron chi connectivity index (χ2n) is 5.02. The van der Waals surface area contributed by atoms with Gasteiger partial charge in [-0.25, -0.2) is 4.31 Å². The summed E-state index contributed by atoms with van der Waals surface area (Å²) in [5.41, 5.74) is 2.13. The fourth-order valence-corrected chi connectivity index (χ4v) is 3.53. The Morgan fingerprint density at radius 3 is 2.95 bits per heavy atom. The molecule has 0 spiro atoms. The molecular weight excluding hydrogens is 300 g/mol. The van der Waals surface area contributed by atoms with Gasteiger partial charge in [0.05, 0.1) is 22.9 Å². The predicted molar refractivity (Wildman–Crippen MR) is 86.3 cm³/mol. The average molecular weight is 316 g/mol. The van der Waals surface area contributed by atoms with Crippen molar-refractivity contribution in [3.05, 3.63) is 58.4 Å². The van der Waals surface area contributed by atoms with Gasteiger partial charge in [0.2, 0.25) is 0 Å². The Balaban J connectivity index is 1.81. The molecule has 3 rings (SSSR count). The predicted octanol–water partition coefficient (Wildman–Crippen LogP) is 3.35. The molecule has 6 nitrogen and oxygen atoms in total. The van der Waals surface area contributed by atoms with Crippen molar-refractivity contribution >= 4 is 23.7 Å². The fraction of sp³-hybridized carbons (Fsp3) is 0.267. The molecule has 0 unspecified atom stereocenters. The van der Waals surface area contributed by atoms with Crippen molar-refractivity contribution < 1.29 is 4.92 Å². The third-order valence-electron chi connectivity index (χ3n) is 3.50. The van der Waals surface area contributed by atoms with Crippen LogP contribution in [0.5, 0.6) is 0 Å². The molecule has 0 atom stereocenters. The summed E-state index contributed by atoms with van der Waals surface area (Å²) in [5.74, 6) is 0. The van der Waals surface area contributed by atoms with E-state index in [2.05, 4.69) is 16.0 Å². The quantitative estimate of drug-likeness (QED) is 0.492. The summed E-state index contributed by atoms with van der Waals surface area (Å²) in [7, 11) is 0. The zero-order valence-corrected chi connectivity index (χ0v) is 12.8. The first-order valence-electron chi connectivity index (χ1n) is 7.03. The van der Waals surface area contributed by atoms with Gasteiger partial charge in [-0.1, -0.05) is 18.7 Å². The highest BCUT2D eigenvalue weighted by atomic mass is 32.2. The van der Waals surface area contributed by atoms with E-state index in [1.165, 1.54) is 11.9 Å². The molecule has 0 amide bonds. The topological polar surface area (TPSA) is 64.2 Å². The lowest BCUT2D eigenvalue weighted by molar-refractivity contribution is -0.387. The van der Waals surface area contributed by atoms with E-state index < -0.39 is 0 Å². The van der Waals surface area contributed by atoms with Crippen molar-refractivity contribution in [1.29, 1.82) is 0 Å². The maximum absolute atomic E-state index is 11.1. The highest BCUT2D eigenvalue weighted by Gasteiger charge is 2.20. The molecule has 0 aliphatic carbocycles. The number of nitro groups is 1. The molecule has 0 N–H and O–H groups in total. The maximum atomic E-state index is 11.1. The van der Waals surface area contributed by atoms with Crippen LogP contribution in [0, 0.1) is 10.1 Å². The van der Waals surface area contributed by atoms with Gasteiger partial charge in [0, 0.05) is 19.2 Å². The zero-order valence-electron chi connectivity index (χ0n) is 12.0. The highest BCUT2D eigenvalue weighted by molar-refractivity contribution is 7.97. The lowest BCUT2D eigenvalue weighted by Crippen LogP contribution is -2.15. The van der Waals surface area contributed by atoms with E-state index in [0.717, 1.165) is 30.9 Å². The van der Waals surface area contributed by atoms with Crippen molar-refractivity contribution in [1.82, 2.24) is 14.1 Å². The van der Waals surface area contributed by atoms with Gasteiger partial charge in [0.1, 0.15) is 4.90 Å². The van der Waals surface area contributed by atoms with Crippen molar-refractivity contribution in [2.24, 2.45) is 0 Å². The Morgan fingerprint density at radius 2 is 2.18 bits per heavy atom. The van der Waals surface area contributed by atoms with Crippen molar-refractivity contribution in [3.63, 3.8) is 0 Å². The SMILES string of the molecule is C=Cc1cc2n(n1)CCCN(Sc1ccccc1[N+](=O)[O-])C2. The summed E-state index contributed by atoms with van der Waals surface area (Å²) >= 11 is 1.44. The minimum Gasteiger partial charge on any atom is -0.268 e. The van der Waals surface area contributed by atoms with Gasteiger partial charge >= 0.3 is 0 Å². The van der Waals surface area contributed by atoms with Crippen LogP contribution < -0.4 is 0 Å². The second-order valence-corrected chi connectivity index (χ2v) is 6.16. The van der Waals surface area contributed by atoms with Crippen molar-refractivity contribution in [3.8, 4) is 0 Å². The third kappa shape index (κ3) is 3.05. The number of rotatable bonds is 4. The molecule has 1 aromatic carbocycles. The standard InChI is InChI=1S/C15H16N4O2S/c1-2-12-10-13-11-17(8-5-9-18(13)16-12)22-15-7-4-3-6-14(15)19(20)21/h2-4,6-7,10H,1,5,8-9,11H2. The number of para-hydroxylation sites is 1. The van der Waals surface area contributed by atoms with Crippen LogP contribution in [0.15, 0.2) is 41.8 Å². The highest BCUT2D eigenvalue weighted by Crippen LogP contribution is 2.33. The van der Waals surface area contributed by atoms with Crippen molar-refractivity contribution in [2.75, 3.05) is 6.54 Å². The Kier molecular flexibility index (Phi) is 4.26. The lowest BCUT2D eigenvalue weighted by Gasteiger charge is -2.17. The van der Waals surface area contributed by atoms with E-state index in [0.29, 0.717) is 11.4 Å². The molecule has 1 aliphatic heterocycles. The number of hydrogen-bond donors (Lipinski definition) is 0. The van der Waals surface area contributed by atoms with Crippen LogP contribution in [-0.2, 0) is 13.1 Å². The summed E-state index contributed by atoms with van der Waals surface area (Å²) in [6.07, 6.45) is 2.69. The first kappa shape index (κ1) is 14.8. The molecule has 2 aromatic rings. The first-order valence-corrected chi connectivity index (χ1v) is 7.80. The molecule has 0 fully saturated rings. The number of hydrogen-bond acceptors (Lipinski definition) is 5. The van der Waals surface area contributed by atoms with E-state index in [1.54, 1.807) is 24.3 Å². The number of nitrogens with zero attached hydrogens (tertiary/aromatic N) is 4. The van der Waals surface area contributed by atoms with Crippen LogP contribution in [-0.4, -0.2) is 25.6 Å². The zero-order chi connectivity index (χ0) is 15.5. The first-order chi connectivity index (χ1) is 10.7. The Labute approximate surface area is 132 Å². The lowest BCUT2D eigenvalue weighted by atomic mass is 10.3. The minimum atomic E-state index is -0.333. The fourth-order valence-electron chi connectivity index (χ4n) is 2.46. The number of nitro benzene ring substituents is 1. The molecule has 0 radical (unpaired) electrons. The molecule has 114 valence electrons. The third-order valence-corrected chi connectivity index (χ3v) is 4.61. The summed E-state index contributed by atoms with van der Waals surface area (Å²) < 4.78 is 4.15. The molecule has 0 bridgehead atoms. The number of benzene rings is 1. The number of fused-ring (bicyclic) bond motifs is 1. The van der Waals surface area contributed by atoms with Gasteiger partial charge in [-0.15, -0.1) is 0 Å².